The number of halogens is 1. The van der Waals surface area contributed by atoms with Crippen molar-refractivity contribution in [1.82, 2.24) is 0 Å². The molecule has 0 aromatic heterocycles. The van der Waals surface area contributed by atoms with Crippen LogP contribution in [0.5, 0.6) is 0 Å². The maximum atomic E-state index is 6.63. The van der Waals surface area contributed by atoms with Crippen LogP contribution in [0.25, 0.3) is 0 Å². The highest BCUT2D eigenvalue weighted by Gasteiger charge is 1.76. The van der Waals surface area contributed by atoms with Gasteiger partial charge in [-0.05, 0) is 35.6 Å². The highest BCUT2D eigenvalue weighted by molar-refractivity contribution is 14.1. The van der Waals surface area contributed by atoms with Crippen LogP contribution in [0.1, 0.15) is 6.92 Å². The topological polar surface area (TPSA) is 36.2 Å². The van der Waals surface area contributed by atoms with Gasteiger partial charge in [0.1, 0.15) is 3.70 Å². The number of nitrogens with one attached hydrogen (secondary N) is 1. The summed E-state index contributed by atoms with van der Waals surface area (Å²) in [6.45, 7) is 1.84. The molecule has 8 heavy (non-hydrogen) atoms. The summed E-state index contributed by atoms with van der Waals surface area (Å²) in [5.41, 5.74) is 0. The normalized spacial score (nSPS) is 12.5. The van der Waals surface area contributed by atoms with Crippen LogP contribution in [0, 0.1) is 5.41 Å². The monoisotopic (exact) mass is 222 g/mol. The number of hydrogen-bond acceptors (Lipinski definition) is 2. The van der Waals surface area contributed by atoms with E-state index in [1.807, 2.05) is 6.92 Å². The Morgan fingerprint density at radius 2 is 2.38 bits per heavy atom. The van der Waals surface area contributed by atoms with Crippen molar-refractivity contribution in [2.24, 2.45) is 4.99 Å². The third kappa shape index (κ3) is 3.98. The van der Waals surface area contributed by atoms with Gasteiger partial charge in [-0.15, -0.1) is 0 Å². The van der Waals surface area contributed by atoms with E-state index in [9.17, 15) is 0 Å². The zero-order valence-electron chi connectivity index (χ0n) is 4.56. The Morgan fingerprint density at radius 3 is 2.75 bits per heavy atom. The molecule has 0 aliphatic rings. The van der Waals surface area contributed by atoms with Gasteiger partial charge in [0.25, 0.3) is 0 Å². The van der Waals surface area contributed by atoms with Gasteiger partial charge in [-0.1, -0.05) is 0 Å². The van der Waals surface area contributed by atoms with E-state index in [-0.39, 0.29) is 0 Å². The van der Waals surface area contributed by atoms with Gasteiger partial charge in [0.2, 0.25) is 0 Å². The first kappa shape index (κ1) is 7.81. The van der Waals surface area contributed by atoms with Crippen LogP contribution >= 0.6 is 22.6 Å². The molecular weight excluding hydrogens is 215 g/mol. The molecule has 0 spiro atoms. The lowest BCUT2D eigenvalue weighted by atomic mass is 10.7. The van der Waals surface area contributed by atoms with Gasteiger partial charge in [-0.25, -0.2) is 0 Å². The van der Waals surface area contributed by atoms with E-state index in [1.54, 1.807) is 12.3 Å². The molecule has 0 aromatic rings. The third-order valence-corrected chi connectivity index (χ3v) is 1.11. The average Bonchev–Trinajstić information content (AvgIpc) is 1.68. The molecule has 44 valence electrons. The van der Waals surface area contributed by atoms with Gasteiger partial charge in [-0.2, -0.15) is 0 Å². The summed E-state index contributed by atoms with van der Waals surface area (Å²) in [6.07, 6.45) is 4.54. The second kappa shape index (κ2) is 4.96. The lowest BCUT2D eigenvalue weighted by Crippen LogP contribution is -1.64. The fraction of sp³-hybridized carbons (Fsp3) is 0.200. The minimum atomic E-state index is 0.833. The van der Waals surface area contributed by atoms with Crippen molar-refractivity contribution < 1.29 is 0 Å². The molecule has 0 saturated heterocycles. The predicted octanol–water partition coefficient (Wildman–Crippen LogP) is 2.00. The molecule has 0 unspecified atom stereocenters. The molecule has 0 atom stereocenters. The number of allylic oxidation sites excluding steroid dienone is 1. The minimum absolute atomic E-state index is 0.833. The fourth-order valence-corrected chi connectivity index (χ4v) is 0.693. The van der Waals surface area contributed by atoms with Crippen LogP contribution in [0.4, 0.5) is 0 Å². The smallest absolute Gasteiger partial charge is 0.102 e. The number of hydrogen-bond donors (Lipinski definition) is 1. The van der Waals surface area contributed by atoms with E-state index in [1.165, 1.54) is 6.21 Å². The summed E-state index contributed by atoms with van der Waals surface area (Å²) in [6, 6.07) is 0. The molecule has 0 heterocycles. The number of rotatable bonds is 2. The molecule has 0 amide bonds. The molecular formula is C5H7IN2. The van der Waals surface area contributed by atoms with Crippen molar-refractivity contribution in [3.05, 3.63) is 9.78 Å². The Balaban J connectivity index is 3.79. The first-order valence-electron chi connectivity index (χ1n) is 2.16. The van der Waals surface area contributed by atoms with Crippen molar-refractivity contribution in [3.8, 4) is 0 Å². The summed E-state index contributed by atoms with van der Waals surface area (Å²) in [5.74, 6) is 0. The van der Waals surface area contributed by atoms with E-state index in [0.29, 0.717) is 0 Å². The minimum Gasteiger partial charge on any atom is -0.309 e. The second-order valence-corrected chi connectivity index (χ2v) is 2.15. The molecule has 0 aromatic carbocycles. The van der Waals surface area contributed by atoms with Crippen molar-refractivity contribution in [2.75, 3.05) is 0 Å². The van der Waals surface area contributed by atoms with Crippen LogP contribution in [0.2, 0.25) is 0 Å². The van der Waals surface area contributed by atoms with Crippen LogP contribution in [-0.2, 0) is 0 Å². The highest BCUT2D eigenvalue weighted by atomic mass is 127. The van der Waals surface area contributed by atoms with Crippen molar-refractivity contribution in [2.45, 2.75) is 6.92 Å². The first-order chi connectivity index (χ1) is 3.81. The van der Waals surface area contributed by atoms with E-state index in [4.69, 9.17) is 5.41 Å². The maximum absolute atomic E-state index is 6.63. The molecule has 0 aliphatic heterocycles. The summed E-state index contributed by atoms with van der Waals surface area (Å²) >= 11 is 2.05. The lowest BCUT2D eigenvalue weighted by molar-refractivity contribution is 1.54. The average molecular weight is 222 g/mol. The summed E-state index contributed by atoms with van der Waals surface area (Å²) in [7, 11) is 0. The van der Waals surface area contributed by atoms with Crippen LogP contribution < -0.4 is 0 Å². The maximum Gasteiger partial charge on any atom is 0.102 e. The van der Waals surface area contributed by atoms with E-state index < -0.39 is 0 Å². The molecule has 0 aliphatic carbocycles. The molecule has 2 nitrogen and oxygen atoms in total. The standard InChI is InChI=1S/C5H7IN2/c1-2-8-5(6)3-4-7/h2-4,7H,1H3/b5-3-,7-4?,8-2?. The number of nitrogens with zero attached hydrogens (tertiary/aromatic N) is 1. The molecule has 0 radical (unpaired) electrons. The molecule has 1 N–H and O–H groups in total. The summed E-state index contributed by atoms with van der Waals surface area (Å²) < 4.78 is 0.833. The van der Waals surface area contributed by atoms with E-state index >= 15 is 0 Å². The molecule has 0 bridgehead atoms. The Hall–Kier alpha value is -0.190. The Bertz CT molecular complexity index is 126. The Kier molecular flexibility index (Phi) is 4.84. The zero-order chi connectivity index (χ0) is 6.41. The van der Waals surface area contributed by atoms with Crippen LogP contribution in [0.3, 0.4) is 0 Å². The van der Waals surface area contributed by atoms with Gasteiger partial charge in [0.15, 0.2) is 0 Å². The Labute approximate surface area is 62.4 Å². The quantitative estimate of drug-likeness (QED) is 0.421. The van der Waals surface area contributed by atoms with Crippen molar-refractivity contribution in [3.63, 3.8) is 0 Å². The van der Waals surface area contributed by atoms with E-state index in [0.717, 1.165) is 3.70 Å². The lowest BCUT2D eigenvalue weighted by Gasteiger charge is -1.79. The summed E-state index contributed by atoms with van der Waals surface area (Å²) in [4.78, 5) is 3.89. The fourth-order valence-electron chi connectivity index (χ4n) is 0.235. The largest absolute Gasteiger partial charge is 0.309 e. The third-order valence-electron chi connectivity index (χ3n) is 0.473. The van der Waals surface area contributed by atoms with Crippen molar-refractivity contribution >= 4 is 35.0 Å². The first-order valence-corrected chi connectivity index (χ1v) is 3.24. The second-order valence-electron chi connectivity index (χ2n) is 1.04. The molecule has 3 heteroatoms. The van der Waals surface area contributed by atoms with Crippen molar-refractivity contribution in [1.29, 1.82) is 5.41 Å². The van der Waals surface area contributed by atoms with Gasteiger partial charge in [0.05, 0.1) is 0 Å². The van der Waals surface area contributed by atoms with Gasteiger partial charge >= 0.3 is 0 Å². The number of aliphatic imine (C=N–C) groups is 1. The van der Waals surface area contributed by atoms with Crippen LogP contribution in [0.15, 0.2) is 14.8 Å². The molecule has 0 fully saturated rings. The van der Waals surface area contributed by atoms with Gasteiger partial charge < -0.3 is 5.41 Å². The highest BCUT2D eigenvalue weighted by Crippen LogP contribution is 2.03. The predicted molar refractivity (Wildman–Crippen MR) is 45.1 cm³/mol. The SMILES string of the molecule is CC=N/C(I)=C\C=N. The Morgan fingerprint density at radius 1 is 1.75 bits per heavy atom. The van der Waals surface area contributed by atoms with Gasteiger partial charge in [-0.3, -0.25) is 4.99 Å². The zero-order valence-corrected chi connectivity index (χ0v) is 6.71. The van der Waals surface area contributed by atoms with Crippen LogP contribution in [-0.4, -0.2) is 12.4 Å². The molecule has 0 rings (SSSR count). The van der Waals surface area contributed by atoms with E-state index in [2.05, 4.69) is 27.6 Å². The molecule has 0 saturated carbocycles. The van der Waals surface area contributed by atoms with Gasteiger partial charge in [0, 0.05) is 12.4 Å². The summed E-state index contributed by atoms with van der Waals surface area (Å²) in [5, 5.41) is 6.63.